The third-order valence-corrected chi connectivity index (χ3v) is 3.34. The van der Waals surface area contributed by atoms with Crippen LogP contribution in [0, 0.1) is 13.8 Å². The van der Waals surface area contributed by atoms with Crippen LogP contribution in [0.5, 0.6) is 5.75 Å². The summed E-state index contributed by atoms with van der Waals surface area (Å²) < 4.78 is 5.52. The molecular weight excluding hydrogens is 302 g/mol. The number of benzene rings is 2. The van der Waals surface area contributed by atoms with Crippen molar-refractivity contribution in [3.05, 3.63) is 52.5 Å². The number of anilines is 2. The zero-order valence-electron chi connectivity index (χ0n) is 12.4. The van der Waals surface area contributed by atoms with Gasteiger partial charge in [0.2, 0.25) is 0 Å². The molecule has 4 N–H and O–H groups in total. The maximum Gasteiger partial charge on any atom is 0.321 e. The number of nitrogens with two attached hydrogens (primary N) is 1. The summed E-state index contributed by atoms with van der Waals surface area (Å²) in [5, 5.41) is 5.61. The van der Waals surface area contributed by atoms with Crippen molar-refractivity contribution < 1.29 is 9.53 Å². The molecule has 0 aliphatic rings. The highest BCUT2D eigenvalue weighted by Crippen LogP contribution is 2.23. The zero-order chi connectivity index (χ0) is 16.1. The van der Waals surface area contributed by atoms with Crippen molar-refractivity contribution >= 4 is 29.0 Å². The number of halogens is 1. The first-order valence-electron chi connectivity index (χ1n) is 6.75. The highest BCUT2D eigenvalue weighted by atomic mass is 35.5. The van der Waals surface area contributed by atoms with E-state index in [9.17, 15) is 4.79 Å². The van der Waals surface area contributed by atoms with E-state index in [1.54, 1.807) is 18.2 Å². The minimum Gasteiger partial charge on any atom is -0.473 e. The van der Waals surface area contributed by atoms with Crippen molar-refractivity contribution in [1.29, 1.82) is 0 Å². The van der Waals surface area contributed by atoms with E-state index in [1.165, 1.54) is 0 Å². The third kappa shape index (κ3) is 4.30. The molecule has 0 atom stereocenters. The molecule has 0 saturated heterocycles. The van der Waals surface area contributed by atoms with Gasteiger partial charge in [0.15, 0.2) is 6.73 Å². The second kappa shape index (κ2) is 7.04. The predicted octanol–water partition coefficient (Wildman–Crippen LogP) is 3.70. The van der Waals surface area contributed by atoms with Gasteiger partial charge < -0.3 is 21.1 Å². The van der Waals surface area contributed by atoms with Crippen LogP contribution in [0.25, 0.3) is 0 Å². The highest BCUT2D eigenvalue weighted by molar-refractivity contribution is 6.34. The van der Waals surface area contributed by atoms with Gasteiger partial charge in [-0.3, -0.25) is 0 Å². The number of carbonyl (C=O) groups excluding carboxylic acids is 1. The number of urea groups is 1. The topological polar surface area (TPSA) is 76.4 Å². The molecule has 0 unspecified atom stereocenters. The molecular formula is C16H18ClN3O2. The Hall–Kier alpha value is -2.40. The van der Waals surface area contributed by atoms with Crippen LogP contribution in [0.15, 0.2) is 36.4 Å². The number of hydrogen-bond acceptors (Lipinski definition) is 3. The van der Waals surface area contributed by atoms with Gasteiger partial charge in [0.25, 0.3) is 0 Å². The van der Waals surface area contributed by atoms with Crippen molar-refractivity contribution in [2.75, 3.05) is 17.8 Å². The number of carbonyl (C=O) groups is 1. The van der Waals surface area contributed by atoms with E-state index >= 15 is 0 Å². The average Bonchev–Trinajstić information content (AvgIpc) is 2.44. The van der Waals surface area contributed by atoms with Crippen LogP contribution in [0.3, 0.4) is 0 Å². The molecule has 0 fully saturated rings. The van der Waals surface area contributed by atoms with Crippen LogP contribution in [0.2, 0.25) is 5.02 Å². The summed E-state index contributed by atoms with van der Waals surface area (Å²) in [5.41, 5.74) is 8.80. The van der Waals surface area contributed by atoms with Gasteiger partial charge in [-0.1, -0.05) is 29.3 Å². The molecule has 0 saturated carbocycles. The highest BCUT2D eigenvalue weighted by Gasteiger charge is 2.06. The lowest BCUT2D eigenvalue weighted by Crippen LogP contribution is -2.32. The molecule has 6 heteroatoms. The molecule has 0 aliphatic carbocycles. The number of rotatable bonds is 4. The van der Waals surface area contributed by atoms with Crippen molar-refractivity contribution in [3.8, 4) is 5.75 Å². The van der Waals surface area contributed by atoms with Gasteiger partial charge in [-0.05, 0) is 43.7 Å². The molecule has 2 rings (SSSR count). The summed E-state index contributed by atoms with van der Waals surface area (Å²) in [6, 6.07) is 10.3. The quantitative estimate of drug-likeness (QED) is 0.594. The molecule has 116 valence electrons. The monoisotopic (exact) mass is 319 g/mol. The second-order valence-electron chi connectivity index (χ2n) is 4.93. The number of hydrogen-bond donors (Lipinski definition) is 3. The Balaban J connectivity index is 1.85. The Kier molecular flexibility index (Phi) is 5.12. The van der Waals surface area contributed by atoms with Crippen molar-refractivity contribution in [2.24, 2.45) is 0 Å². The fourth-order valence-corrected chi connectivity index (χ4v) is 2.18. The first-order chi connectivity index (χ1) is 10.5. The summed E-state index contributed by atoms with van der Waals surface area (Å²) in [6.45, 7) is 4.03. The molecule has 2 aromatic rings. The van der Waals surface area contributed by atoms with E-state index in [-0.39, 0.29) is 6.73 Å². The Bertz CT molecular complexity index is 689. The number of amides is 2. The number of ether oxygens (including phenoxy) is 1. The normalized spacial score (nSPS) is 10.1. The van der Waals surface area contributed by atoms with Crippen LogP contribution in [0.4, 0.5) is 16.2 Å². The van der Waals surface area contributed by atoms with Crippen LogP contribution < -0.4 is 21.1 Å². The van der Waals surface area contributed by atoms with Gasteiger partial charge in [-0.15, -0.1) is 0 Å². The number of nitrogens with one attached hydrogen (secondary N) is 2. The fourth-order valence-electron chi connectivity index (χ4n) is 1.94. The average molecular weight is 320 g/mol. The second-order valence-corrected chi connectivity index (χ2v) is 5.34. The van der Waals surface area contributed by atoms with Gasteiger partial charge >= 0.3 is 6.03 Å². The Morgan fingerprint density at radius 3 is 2.68 bits per heavy atom. The largest absolute Gasteiger partial charge is 0.473 e. The van der Waals surface area contributed by atoms with Gasteiger partial charge in [-0.25, -0.2) is 4.79 Å². The summed E-state index contributed by atoms with van der Waals surface area (Å²) in [4.78, 5) is 11.8. The first-order valence-corrected chi connectivity index (χ1v) is 7.13. The zero-order valence-corrected chi connectivity index (χ0v) is 13.2. The molecule has 2 amide bonds. The third-order valence-electron chi connectivity index (χ3n) is 3.03. The van der Waals surface area contributed by atoms with E-state index in [2.05, 4.69) is 10.6 Å². The minimum absolute atomic E-state index is 0.0579. The standard InChI is InChI=1S/C16H18ClN3O2/c1-10-3-6-15(11(2)7-10)22-9-19-16(21)20-14-5-4-12(18)8-13(14)17/h3-8H,9,18H2,1-2H3,(H2,19,20,21). The van der Waals surface area contributed by atoms with Gasteiger partial charge in [0.05, 0.1) is 10.7 Å². The predicted molar refractivity (Wildman–Crippen MR) is 89.4 cm³/mol. The lowest BCUT2D eigenvalue weighted by molar-refractivity contribution is 0.234. The number of aryl methyl sites for hydroxylation is 2. The van der Waals surface area contributed by atoms with Gasteiger partial charge in [0, 0.05) is 5.69 Å². The van der Waals surface area contributed by atoms with E-state index in [4.69, 9.17) is 22.1 Å². The minimum atomic E-state index is -0.406. The van der Waals surface area contributed by atoms with E-state index in [0.29, 0.717) is 16.4 Å². The first kappa shape index (κ1) is 16.0. The van der Waals surface area contributed by atoms with E-state index in [0.717, 1.165) is 16.9 Å². The summed E-state index contributed by atoms with van der Waals surface area (Å²) in [7, 11) is 0. The molecule has 0 spiro atoms. The fraction of sp³-hybridized carbons (Fsp3) is 0.188. The smallest absolute Gasteiger partial charge is 0.321 e. The molecule has 0 aromatic heterocycles. The van der Waals surface area contributed by atoms with Crippen LogP contribution >= 0.6 is 11.6 Å². The molecule has 2 aromatic carbocycles. The van der Waals surface area contributed by atoms with Gasteiger partial charge in [-0.2, -0.15) is 0 Å². The summed E-state index contributed by atoms with van der Waals surface area (Å²) in [6.07, 6.45) is 0. The molecule has 0 bridgehead atoms. The number of nitrogen functional groups attached to an aromatic ring is 1. The van der Waals surface area contributed by atoms with Gasteiger partial charge in [0.1, 0.15) is 5.75 Å². The maximum absolute atomic E-state index is 11.8. The van der Waals surface area contributed by atoms with E-state index in [1.807, 2.05) is 32.0 Å². The van der Waals surface area contributed by atoms with Crippen LogP contribution in [-0.2, 0) is 0 Å². The van der Waals surface area contributed by atoms with Crippen molar-refractivity contribution in [1.82, 2.24) is 5.32 Å². The van der Waals surface area contributed by atoms with Crippen molar-refractivity contribution in [3.63, 3.8) is 0 Å². The molecule has 0 heterocycles. The Morgan fingerprint density at radius 2 is 2.00 bits per heavy atom. The van der Waals surface area contributed by atoms with E-state index < -0.39 is 6.03 Å². The molecule has 0 aliphatic heterocycles. The molecule has 0 radical (unpaired) electrons. The Morgan fingerprint density at radius 1 is 1.23 bits per heavy atom. The maximum atomic E-state index is 11.8. The summed E-state index contributed by atoms with van der Waals surface area (Å²) in [5.74, 6) is 0.733. The molecule has 5 nitrogen and oxygen atoms in total. The van der Waals surface area contributed by atoms with Crippen LogP contribution in [-0.4, -0.2) is 12.8 Å². The lowest BCUT2D eigenvalue weighted by atomic mass is 10.1. The van der Waals surface area contributed by atoms with Crippen molar-refractivity contribution in [2.45, 2.75) is 13.8 Å². The lowest BCUT2D eigenvalue weighted by Gasteiger charge is -2.12. The summed E-state index contributed by atoms with van der Waals surface area (Å²) >= 11 is 5.99. The van der Waals surface area contributed by atoms with Crippen LogP contribution in [0.1, 0.15) is 11.1 Å². The Labute approximate surface area is 134 Å². The molecule has 22 heavy (non-hydrogen) atoms. The SMILES string of the molecule is Cc1ccc(OCNC(=O)Nc2ccc(N)cc2Cl)c(C)c1.